The molecule has 1 aromatic rings. The smallest absolute Gasteiger partial charge is 0.123 e. The van der Waals surface area contributed by atoms with Crippen molar-refractivity contribution < 1.29 is 4.39 Å². The van der Waals surface area contributed by atoms with Gasteiger partial charge in [-0.2, -0.15) is 0 Å². The second kappa shape index (κ2) is 7.04. The number of hydrogen-bond donors (Lipinski definition) is 1. The van der Waals surface area contributed by atoms with Crippen LogP contribution in [-0.2, 0) is 6.42 Å². The summed E-state index contributed by atoms with van der Waals surface area (Å²) >= 11 is 0. The number of likely N-dealkylation sites (N-methyl/N-ethyl adjacent to an activating group) is 1. The third-order valence-electron chi connectivity index (χ3n) is 3.98. The zero-order chi connectivity index (χ0) is 14.5. The first kappa shape index (κ1) is 16.2. The van der Waals surface area contributed by atoms with Crippen molar-refractivity contribution in [2.24, 2.45) is 11.3 Å². The summed E-state index contributed by atoms with van der Waals surface area (Å²) < 4.78 is 13.2. The average Bonchev–Trinajstić information content (AvgIpc) is 2.27. The quantitative estimate of drug-likeness (QED) is 0.803. The van der Waals surface area contributed by atoms with E-state index in [-0.39, 0.29) is 5.82 Å². The van der Waals surface area contributed by atoms with E-state index < -0.39 is 0 Å². The largest absolute Gasteiger partial charge is 0.314 e. The lowest BCUT2D eigenvalue weighted by Crippen LogP contribution is -2.35. The first-order chi connectivity index (χ1) is 8.82. The lowest BCUT2D eigenvalue weighted by Gasteiger charge is -2.31. The summed E-state index contributed by atoms with van der Waals surface area (Å²) in [4.78, 5) is 0. The molecule has 0 fully saturated rings. The van der Waals surface area contributed by atoms with E-state index in [9.17, 15) is 4.39 Å². The number of benzene rings is 1. The third-order valence-corrected chi connectivity index (χ3v) is 3.98. The van der Waals surface area contributed by atoms with Crippen molar-refractivity contribution in [2.45, 2.75) is 53.5 Å². The lowest BCUT2D eigenvalue weighted by atomic mass is 9.78. The summed E-state index contributed by atoms with van der Waals surface area (Å²) in [5.74, 6) is 0.488. The fraction of sp³-hybridized carbons (Fsp3) is 0.647. The van der Waals surface area contributed by atoms with Crippen LogP contribution in [-0.4, -0.2) is 12.6 Å². The van der Waals surface area contributed by atoms with Crippen LogP contribution < -0.4 is 5.32 Å². The van der Waals surface area contributed by atoms with Crippen molar-refractivity contribution in [2.75, 3.05) is 6.54 Å². The fourth-order valence-electron chi connectivity index (χ4n) is 2.26. The van der Waals surface area contributed by atoms with Crippen molar-refractivity contribution in [3.05, 3.63) is 35.6 Å². The van der Waals surface area contributed by atoms with E-state index in [1.165, 1.54) is 6.07 Å². The summed E-state index contributed by atoms with van der Waals surface area (Å²) in [6.45, 7) is 12.2. The molecule has 108 valence electrons. The number of hydrogen-bond acceptors (Lipinski definition) is 1. The van der Waals surface area contributed by atoms with Crippen molar-refractivity contribution in [3.8, 4) is 0 Å². The normalized spacial score (nSPS) is 15.3. The molecule has 0 aromatic heterocycles. The molecule has 0 heterocycles. The summed E-state index contributed by atoms with van der Waals surface area (Å²) in [5.41, 5.74) is 1.39. The van der Waals surface area contributed by atoms with Crippen LogP contribution in [0.3, 0.4) is 0 Å². The molecule has 0 bridgehead atoms. The molecule has 2 unspecified atom stereocenters. The van der Waals surface area contributed by atoms with Gasteiger partial charge in [0.15, 0.2) is 0 Å². The molecule has 0 saturated heterocycles. The Hall–Kier alpha value is -0.890. The minimum absolute atomic E-state index is 0.142. The molecule has 0 radical (unpaired) electrons. The van der Waals surface area contributed by atoms with Crippen molar-refractivity contribution >= 4 is 0 Å². The molecule has 0 aliphatic rings. The van der Waals surface area contributed by atoms with Crippen molar-refractivity contribution in [1.82, 2.24) is 5.32 Å². The van der Waals surface area contributed by atoms with Crippen LogP contribution in [0, 0.1) is 17.2 Å². The predicted molar refractivity (Wildman–Crippen MR) is 80.8 cm³/mol. The van der Waals surface area contributed by atoms with Gasteiger partial charge in [-0.05, 0) is 48.4 Å². The van der Waals surface area contributed by atoms with Gasteiger partial charge in [0.1, 0.15) is 5.82 Å². The molecule has 0 aliphatic carbocycles. The topological polar surface area (TPSA) is 12.0 Å². The molecule has 19 heavy (non-hydrogen) atoms. The maximum absolute atomic E-state index is 13.2. The number of rotatable bonds is 6. The van der Waals surface area contributed by atoms with Crippen LogP contribution in [0.15, 0.2) is 24.3 Å². The maximum atomic E-state index is 13.2. The molecule has 0 aliphatic heterocycles. The molecule has 0 spiro atoms. The van der Waals surface area contributed by atoms with Crippen LogP contribution in [0.1, 0.15) is 46.6 Å². The van der Waals surface area contributed by atoms with E-state index >= 15 is 0 Å². The molecule has 0 amide bonds. The van der Waals surface area contributed by atoms with E-state index in [4.69, 9.17) is 0 Å². The number of halogens is 1. The number of nitrogens with one attached hydrogen (secondary N) is 1. The zero-order valence-electron chi connectivity index (χ0n) is 13.0. The monoisotopic (exact) mass is 265 g/mol. The molecule has 2 heteroatoms. The molecule has 1 aromatic carbocycles. The van der Waals surface area contributed by atoms with Gasteiger partial charge in [-0.3, -0.25) is 0 Å². The SMILES string of the molecule is CCNC(Cc1cccc(F)c1)CC(C)C(C)(C)C. The standard InChI is InChI=1S/C17H28FN/c1-6-19-16(10-13(2)17(3,4)5)12-14-8-7-9-15(18)11-14/h7-9,11,13,16,19H,6,10,12H2,1-5H3. The second-order valence-electron chi connectivity index (χ2n) is 6.59. The highest BCUT2D eigenvalue weighted by Gasteiger charge is 2.23. The van der Waals surface area contributed by atoms with E-state index in [0.717, 1.165) is 24.9 Å². The van der Waals surface area contributed by atoms with Gasteiger partial charge in [0.2, 0.25) is 0 Å². The Morgan fingerprint density at radius 3 is 2.47 bits per heavy atom. The molecule has 2 atom stereocenters. The average molecular weight is 265 g/mol. The van der Waals surface area contributed by atoms with E-state index in [1.54, 1.807) is 12.1 Å². The lowest BCUT2D eigenvalue weighted by molar-refractivity contribution is 0.222. The van der Waals surface area contributed by atoms with Gasteiger partial charge in [-0.25, -0.2) is 4.39 Å². The first-order valence-corrected chi connectivity index (χ1v) is 7.30. The summed E-state index contributed by atoms with van der Waals surface area (Å²) in [6, 6.07) is 7.37. The molecule has 0 saturated carbocycles. The Bertz CT molecular complexity index is 381. The van der Waals surface area contributed by atoms with Crippen LogP contribution in [0.4, 0.5) is 4.39 Å². The van der Waals surface area contributed by atoms with Crippen LogP contribution in [0.5, 0.6) is 0 Å². The highest BCUT2D eigenvalue weighted by atomic mass is 19.1. The summed E-state index contributed by atoms with van der Waals surface area (Å²) in [7, 11) is 0. The zero-order valence-corrected chi connectivity index (χ0v) is 13.0. The fourth-order valence-corrected chi connectivity index (χ4v) is 2.26. The summed E-state index contributed by atoms with van der Waals surface area (Å²) in [6.07, 6.45) is 2.01. The molecular weight excluding hydrogens is 237 g/mol. The van der Waals surface area contributed by atoms with Crippen molar-refractivity contribution in [1.29, 1.82) is 0 Å². The Morgan fingerprint density at radius 1 is 1.26 bits per heavy atom. The second-order valence-corrected chi connectivity index (χ2v) is 6.59. The Labute approximate surface area is 117 Å². The predicted octanol–water partition coefficient (Wildman–Crippen LogP) is 4.42. The van der Waals surface area contributed by atoms with Gasteiger partial charge in [0.25, 0.3) is 0 Å². The van der Waals surface area contributed by atoms with Gasteiger partial charge < -0.3 is 5.32 Å². The first-order valence-electron chi connectivity index (χ1n) is 7.30. The highest BCUT2D eigenvalue weighted by Crippen LogP contribution is 2.29. The van der Waals surface area contributed by atoms with Crippen LogP contribution in [0.2, 0.25) is 0 Å². The minimum atomic E-state index is -0.142. The molecule has 1 rings (SSSR count). The molecule has 1 N–H and O–H groups in total. The van der Waals surface area contributed by atoms with Gasteiger partial charge in [0, 0.05) is 6.04 Å². The van der Waals surface area contributed by atoms with Gasteiger partial charge >= 0.3 is 0 Å². The van der Waals surface area contributed by atoms with Gasteiger partial charge in [0.05, 0.1) is 0 Å². The van der Waals surface area contributed by atoms with Crippen LogP contribution in [0.25, 0.3) is 0 Å². The van der Waals surface area contributed by atoms with Crippen LogP contribution >= 0.6 is 0 Å². The molecular formula is C17H28FN. The Morgan fingerprint density at radius 2 is 1.95 bits per heavy atom. The Kier molecular flexibility index (Phi) is 5.99. The highest BCUT2D eigenvalue weighted by molar-refractivity contribution is 5.17. The van der Waals surface area contributed by atoms with Gasteiger partial charge in [-0.15, -0.1) is 0 Å². The van der Waals surface area contributed by atoms with E-state index in [2.05, 4.69) is 39.9 Å². The summed E-state index contributed by atoms with van der Waals surface area (Å²) in [5, 5.41) is 3.53. The Balaban J connectivity index is 2.67. The molecule has 1 nitrogen and oxygen atoms in total. The van der Waals surface area contributed by atoms with Gasteiger partial charge in [-0.1, -0.05) is 46.8 Å². The van der Waals surface area contributed by atoms with E-state index in [1.807, 2.05) is 6.07 Å². The maximum Gasteiger partial charge on any atom is 0.123 e. The third kappa shape index (κ3) is 5.73. The minimum Gasteiger partial charge on any atom is -0.314 e. The van der Waals surface area contributed by atoms with Crippen molar-refractivity contribution in [3.63, 3.8) is 0 Å². The van der Waals surface area contributed by atoms with E-state index in [0.29, 0.717) is 17.4 Å².